The van der Waals surface area contributed by atoms with Crippen molar-refractivity contribution in [3.63, 3.8) is 0 Å². The highest BCUT2D eigenvalue weighted by atomic mass is 16.7. The van der Waals surface area contributed by atoms with E-state index in [2.05, 4.69) is 61.5 Å². The van der Waals surface area contributed by atoms with Gasteiger partial charge in [0.15, 0.2) is 0 Å². The number of hydrogen-bond donors (Lipinski definition) is 0. The smallest absolute Gasteiger partial charge is 0.459 e. The fraction of sp³-hybridized carbons (Fsp3) is 0.714. The van der Waals surface area contributed by atoms with Gasteiger partial charge in [0.1, 0.15) is 5.75 Å². The molecule has 2 saturated heterocycles. The first-order chi connectivity index (χ1) is 12.8. The summed E-state index contributed by atoms with van der Waals surface area (Å²) in [4.78, 5) is 0. The predicted octanol–water partition coefficient (Wildman–Crippen LogP) is 4.33. The zero-order chi connectivity index (χ0) is 21.0. The van der Waals surface area contributed by atoms with Crippen LogP contribution in [0, 0.1) is 0 Å². The summed E-state index contributed by atoms with van der Waals surface area (Å²) < 4.78 is 31.0. The van der Waals surface area contributed by atoms with Crippen LogP contribution >= 0.6 is 0 Å². The van der Waals surface area contributed by atoms with Gasteiger partial charge in [0.25, 0.3) is 0 Å². The SMILES string of the molecule is COc1cccc(CC(B2OC(C)(C)C(C)(C)O2)B2OC(C)(C)C(C)(C)O2)c1. The molecule has 0 atom stereocenters. The lowest BCUT2D eigenvalue weighted by atomic mass is 9.49. The van der Waals surface area contributed by atoms with Crippen LogP contribution in [0.4, 0.5) is 0 Å². The van der Waals surface area contributed by atoms with E-state index in [0.29, 0.717) is 6.42 Å². The molecule has 2 heterocycles. The van der Waals surface area contributed by atoms with Crippen molar-refractivity contribution in [3.05, 3.63) is 29.8 Å². The maximum atomic E-state index is 6.39. The Morgan fingerprint density at radius 3 is 1.61 bits per heavy atom. The van der Waals surface area contributed by atoms with Gasteiger partial charge in [-0.2, -0.15) is 0 Å². The second-order valence-corrected chi connectivity index (χ2v) is 9.97. The third-order valence-corrected chi connectivity index (χ3v) is 6.85. The molecule has 0 unspecified atom stereocenters. The zero-order valence-corrected chi connectivity index (χ0v) is 18.8. The van der Waals surface area contributed by atoms with Gasteiger partial charge >= 0.3 is 14.2 Å². The molecule has 0 spiro atoms. The molecule has 0 aromatic heterocycles. The van der Waals surface area contributed by atoms with Crippen molar-refractivity contribution < 1.29 is 23.4 Å². The standard InChI is InChI=1S/C21H34B2O5/c1-18(2)19(3,4)26-22(25-18)17(14-15-11-10-12-16(13-15)24-9)23-27-20(5,6)21(7,8)28-23/h10-13,17H,14H2,1-9H3. The molecular formula is C21H34B2O5. The second-order valence-electron chi connectivity index (χ2n) is 9.97. The highest BCUT2D eigenvalue weighted by Gasteiger charge is 2.61. The maximum absolute atomic E-state index is 6.39. The summed E-state index contributed by atoms with van der Waals surface area (Å²) >= 11 is 0. The molecule has 28 heavy (non-hydrogen) atoms. The molecule has 0 saturated carbocycles. The minimum atomic E-state index is -0.425. The van der Waals surface area contributed by atoms with E-state index in [9.17, 15) is 0 Å². The lowest BCUT2D eigenvalue weighted by Crippen LogP contribution is -2.41. The topological polar surface area (TPSA) is 46.2 Å². The highest BCUT2D eigenvalue weighted by Crippen LogP contribution is 2.46. The largest absolute Gasteiger partial charge is 0.497 e. The molecule has 5 nitrogen and oxygen atoms in total. The van der Waals surface area contributed by atoms with Crippen molar-refractivity contribution in [3.8, 4) is 5.75 Å². The normalized spacial score (nSPS) is 24.8. The van der Waals surface area contributed by atoms with Crippen LogP contribution in [0.2, 0.25) is 5.72 Å². The van der Waals surface area contributed by atoms with E-state index in [-0.39, 0.29) is 5.72 Å². The maximum Gasteiger partial charge on any atom is 0.459 e. The monoisotopic (exact) mass is 388 g/mol. The molecular weight excluding hydrogens is 354 g/mol. The van der Waals surface area contributed by atoms with Crippen LogP contribution in [-0.2, 0) is 25.0 Å². The lowest BCUT2D eigenvalue weighted by molar-refractivity contribution is 0.00578. The van der Waals surface area contributed by atoms with Crippen molar-refractivity contribution in [2.75, 3.05) is 7.11 Å². The first kappa shape index (κ1) is 21.7. The van der Waals surface area contributed by atoms with E-state index in [1.807, 2.05) is 18.2 Å². The van der Waals surface area contributed by atoms with Crippen LogP contribution in [0.15, 0.2) is 24.3 Å². The number of methoxy groups -OCH3 is 1. The number of ether oxygens (including phenoxy) is 1. The Hall–Kier alpha value is -1.01. The number of rotatable bonds is 5. The molecule has 154 valence electrons. The van der Waals surface area contributed by atoms with Gasteiger partial charge in [0, 0.05) is 5.72 Å². The van der Waals surface area contributed by atoms with Crippen LogP contribution in [0.25, 0.3) is 0 Å². The van der Waals surface area contributed by atoms with Crippen molar-refractivity contribution in [1.29, 1.82) is 0 Å². The van der Waals surface area contributed by atoms with Gasteiger partial charge in [-0.3, -0.25) is 0 Å². The summed E-state index contributed by atoms with van der Waals surface area (Å²) in [7, 11) is 0.829. The van der Waals surface area contributed by atoms with E-state index in [4.69, 9.17) is 23.4 Å². The Balaban J connectivity index is 1.91. The first-order valence-corrected chi connectivity index (χ1v) is 10.1. The minimum absolute atomic E-state index is 0.116. The fourth-order valence-corrected chi connectivity index (χ4v) is 3.52. The molecule has 7 heteroatoms. The molecule has 1 aromatic carbocycles. The Labute approximate surface area is 170 Å². The number of hydrogen-bond acceptors (Lipinski definition) is 5. The van der Waals surface area contributed by atoms with Gasteiger partial charge in [-0.1, -0.05) is 12.1 Å². The molecule has 0 aliphatic carbocycles. The van der Waals surface area contributed by atoms with Crippen LogP contribution in [0.1, 0.15) is 61.0 Å². The molecule has 2 aliphatic rings. The molecule has 1 aromatic rings. The van der Waals surface area contributed by atoms with Gasteiger partial charge in [-0.15, -0.1) is 0 Å². The van der Waals surface area contributed by atoms with E-state index in [1.54, 1.807) is 7.11 Å². The molecule has 2 aliphatic heterocycles. The highest BCUT2D eigenvalue weighted by molar-refractivity contribution is 6.68. The van der Waals surface area contributed by atoms with Crippen LogP contribution in [0.5, 0.6) is 5.75 Å². The fourth-order valence-electron chi connectivity index (χ4n) is 3.52. The number of benzene rings is 1. The zero-order valence-electron chi connectivity index (χ0n) is 18.8. The molecule has 0 N–H and O–H groups in total. The minimum Gasteiger partial charge on any atom is -0.497 e. The van der Waals surface area contributed by atoms with E-state index >= 15 is 0 Å². The first-order valence-electron chi connectivity index (χ1n) is 10.1. The van der Waals surface area contributed by atoms with Gasteiger partial charge in [-0.05, 0) is 79.5 Å². The third kappa shape index (κ3) is 3.87. The molecule has 3 rings (SSSR count). The van der Waals surface area contributed by atoms with Crippen molar-refractivity contribution in [1.82, 2.24) is 0 Å². The van der Waals surface area contributed by atoms with Crippen LogP contribution in [0.3, 0.4) is 0 Å². The molecule has 0 bridgehead atoms. The summed E-state index contributed by atoms with van der Waals surface area (Å²) in [6, 6.07) is 8.08. The third-order valence-electron chi connectivity index (χ3n) is 6.85. The average molecular weight is 388 g/mol. The quantitative estimate of drug-likeness (QED) is 0.703. The van der Waals surface area contributed by atoms with E-state index in [0.717, 1.165) is 11.3 Å². The summed E-state index contributed by atoms with van der Waals surface area (Å²) in [6.07, 6.45) is 0.699. The van der Waals surface area contributed by atoms with Gasteiger partial charge in [0.2, 0.25) is 0 Å². The van der Waals surface area contributed by atoms with Crippen LogP contribution in [-0.4, -0.2) is 43.8 Å². The van der Waals surface area contributed by atoms with Crippen molar-refractivity contribution >= 4 is 14.2 Å². The summed E-state index contributed by atoms with van der Waals surface area (Å²) in [6.45, 7) is 16.6. The summed E-state index contributed by atoms with van der Waals surface area (Å²) in [5, 5.41) is 0. The Kier molecular flexibility index (Phi) is 5.46. The predicted molar refractivity (Wildman–Crippen MR) is 113 cm³/mol. The Bertz CT molecular complexity index is 649. The van der Waals surface area contributed by atoms with E-state index < -0.39 is 36.6 Å². The van der Waals surface area contributed by atoms with Gasteiger partial charge in [0.05, 0.1) is 29.5 Å². The molecule has 0 radical (unpaired) electrons. The molecule has 2 fully saturated rings. The molecule has 0 amide bonds. The summed E-state index contributed by atoms with van der Waals surface area (Å²) in [5.41, 5.74) is -0.619. The van der Waals surface area contributed by atoms with Crippen molar-refractivity contribution in [2.24, 2.45) is 0 Å². The van der Waals surface area contributed by atoms with Crippen LogP contribution < -0.4 is 4.74 Å². The van der Waals surface area contributed by atoms with Gasteiger partial charge in [-0.25, -0.2) is 0 Å². The Morgan fingerprint density at radius 2 is 1.21 bits per heavy atom. The van der Waals surface area contributed by atoms with Gasteiger partial charge < -0.3 is 23.4 Å². The Morgan fingerprint density at radius 1 is 0.786 bits per heavy atom. The summed E-state index contributed by atoms with van der Waals surface area (Å²) in [5.74, 6) is 0.832. The van der Waals surface area contributed by atoms with Crippen molar-refractivity contribution in [2.45, 2.75) is 89.9 Å². The average Bonchev–Trinajstić information content (AvgIpc) is 2.92. The second kappa shape index (κ2) is 7.05. The van der Waals surface area contributed by atoms with E-state index in [1.165, 1.54) is 0 Å². The lowest BCUT2D eigenvalue weighted by Gasteiger charge is -2.32.